The fourth-order valence-corrected chi connectivity index (χ4v) is 3.75. The molecule has 6 nitrogen and oxygen atoms in total. The van der Waals surface area contributed by atoms with Gasteiger partial charge in [-0.15, -0.1) is 0 Å². The Morgan fingerprint density at radius 1 is 1.33 bits per heavy atom. The van der Waals surface area contributed by atoms with Gasteiger partial charge in [-0.05, 0) is 38.9 Å². The van der Waals surface area contributed by atoms with E-state index in [0.29, 0.717) is 19.1 Å². The number of nitrogens with one attached hydrogen (secondary N) is 3. The first-order valence-electron chi connectivity index (χ1n) is 7.48. The fourth-order valence-electron chi connectivity index (χ4n) is 2.30. The van der Waals surface area contributed by atoms with E-state index in [0.717, 1.165) is 17.6 Å². The Morgan fingerprint density at radius 2 is 2.10 bits per heavy atom. The Hall–Kier alpha value is -0.470. The molecule has 0 bridgehead atoms. The Morgan fingerprint density at radius 3 is 2.67 bits per heavy atom. The summed E-state index contributed by atoms with van der Waals surface area (Å²) in [5, 5.41) is 7.42. The lowest BCUT2D eigenvalue weighted by Gasteiger charge is -2.17. The van der Waals surface area contributed by atoms with Crippen LogP contribution in [0.3, 0.4) is 0 Å². The minimum absolute atomic E-state index is 0.127. The highest BCUT2D eigenvalue weighted by Gasteiger charge is 2.24. The molecule has 1 fully saturated rings. The highest BCUT2D eigenvalue weighted by molar-refractivity contribution is 7.99. The summed E-state index contributed by atoms with van der Waals surface area (Å²) in [6.45, 7) is 2.79. The molecule has 0 amide bonds. The van der Waals surface area contributed by atoms with Crippen LogP contribution in [-0.4, -0.2) is 57.8 Å². The van der Waals surface area contributed by atoms with Crippen LogP contribution < -0.4 is 15.4 Å². The lowest BCUT2D eigenvalue weighted by molar-refractivity contribution is 0.578. The molecule has 0 radical (unpaired) electrons. The van der Waals surface area contributed by atoms with Gasteiger partial charge in [-0.25, -0.2) is 13.1 Å². The van der Waals surface area contributed by atoms with E-state index in [2.05, 4.69) is 26.6 Å². The molecule has 1 rings (SSSR count). The van der Waals surface area contributed by atoms with E-state index in [9.17, 15) is 8.42 Å². The molecular formula is C13H28N4O2S2. The molecule has 0 aromatic rings. The van der Waals surface area contributed by atoms with Crippen LogP contribution in [0.1, 0.15) is 32.6 Å². The summed E-state index contributed by atoms with van der Waals surface area (Å²) in [5.41, 5.74) is 0. The third kappa shape index (κ3) is 7.37. The highest BCUT2D eigenvalue weighted by atomic mass is 32.2. The standard InChI is InChI=1S/C13H28N4O2S2/c1-4-21(18,19)16-9-5-8-15-13(14-2)17-11-6-7-12(10-11)20-3/h11-12,16H,4-10H2,1-3H3,(H2,14,15,17). The van der Waals surface area contributed by atoms with Gasteiger partial charge in [0.1, 0.15) is 0 Å². The number of nitrogens with zero attached hydrogens (tertiary/aromatic N) is 1. The number of hydrogen-bond acceptors (Lipinski definition) is 4. The second-order valence-corrected chi connectivity index (χ2v) is 8.40. The number of thioether (sulfide) groups is 1. The summed E-state index contributed by atoms with van der Waals surface area (Å²) < 4.78 is 25.1. The summed E-state index contributed by atoms with van der Waals surface area (Å²) in [6.07, 6.45) is 6.52. The van der Waals surface area contributed by atoms with Crippen molar-refractivity contribution in [2.24, 2.45) is 4.99 Å². The van der Waals surface area contributed by atoms with Crippen molar-refractivity contribution < 1.29 is 8.42 Å². The van der Waals surface area contributed by atoms with Crippen LogP contribution in [0.5, 0.6) is 0 Å². The summed E-state index contributed by atoms with van der Waals surface area (Å²) in [6, 6.07) is 0.493. The zero-order chi connectivity index (χ0) is 15.7. The van der Waals surface area contributed by atoms with Gasteiger partial charge in [-0.3, -0.25) is 4.99 Å². The molecule has 124 valence electrons. The number of sulfonamides is 1. The monoisotopic (exact) mass is 336 g/mol. The summed E-state index contributed by atoms with van der Waals surface area (Å²) in [7, 11) is -1.32. The molecule has 2 unspecified atom stereocenters. The Balaban J connectivity index is 2.18. The Bertz CT molecular complexity index is 426. The van der Waals surface area contributed by atoms with Crippen molar-refractivity contribution in [2.75, 3.05) is 32.1 Å². The number of rotatable bonds is 8. The van der Waals surface area contributed by atoms with Crippen molar-refractivity contribution in [3.05, 3.63) is 0 Å². The summed E-state index contributed by atoms with van der Waals surface area (Å²) in [4.78, 5) is 4.21. The molecule has 0 saturated heterocycles. The maximum atomic E-state index is 11.3. The van der Waals surface area contributed by atoms with Gasteiger partial charge in [-0.1, -0.05) is 0 Å². The normalized spacial score (nSPS) is 23.3. The van der Waals surface area contributed by atoms with Crippen molar-refractivity contribution in [3.63, 3.8) is 0 Å². The van der Waals surface area contributed by atoms with Gasteiger partial charge >= 0.3 is 0 Å². The smallest absolute Gasteiger partial charge is 0.211 e. The zero-order valence-corrected chi connectivity index (χ0v) is 14.8. The summed E-state index contributed by atoms with van der Waals surface area (Å²) >= 11 is 1.93. The molecule has 2 atom stereocenters. The quantitative estimate of drug-likeness (QED) is 0.346. The minimum Gasteiger partial charge on any atom is -0.356 e. The Labute approximate surface area is 133 Å². The van der Waals surface area contributed by atoms with Crippen molar-refractivity contribution in [1.29, 1.82) is 0 Å². The average Bonchev–Trinajstić information content (AvgIpc) is 2.93. The first-order valence-corrected chi connectivity index (χ1v) is 10.4. The molecule has 0 heterocycles. The molecule has 3 N–H and O–H groups in total. The van der Waals surface area contributed by atoms with E-state index in [-0.39, 0.29) is 5.75 Å². The molecule has 0 aliphatic heterocycles. The van der Waals surface area contributed by atoms with Crippen molar-refractivity contribution in [2.45, 2.75) is 43.9 Å². The molecule has 1 saturated carbocycles. The molecule has 1 aliphatic rings. The van der Waals surface area contributed by atoms with Crippen LogP contribution in [0.2, 0.25) is 0 Å². The topological polar surface area (TPSA) is 82.6 Å². The van der Waals surface area contributed by atoms with Gasteiger partial charge in [0, 0.05) is 31.4 Å². The van der Waals surface area contributed by atoms with Crippen LogP contribution >= 0.6 is 11.8 Å². The molecular weight excluding hydrogens is 308 g/mol. The van der Waals surface area contributed by atoms with Gasteiger partial charge in [0.05, 0.1) is 5.75 Å². The largest absolute Gasteiger partial charge is 0.356 e. The van der Waals surface area contributed by atoms with Gasteiger partial charge in [-0.2, -0.15) is 11.8 Å². The van der Waals surface area contributed by atoms with Crippen LogP contribution in [0.4, 0.5) is 0 Å². The SMILES string of the molecule is CCS(=O)(=O)NCCCNC(=NC)NC1CCC(SC)C1. The van der Waals surface area contributed by atoms with Crippen LogP contribution in [0.25, 0.3) is 0 Å². The first kappa shape index (κ1) is 18.6. The predicted octanol–water partition coefficient (Wildman–Crippen LogP) is 0.765. The third-order valence-corrected chi connectivity index (χ3v) is 6.13. The first-order chi connectivity index (χ1) is 10.0. The van der Waals surface area contributed by atoms with Crippen molar-refractivity contribution in [1.82, 2.24) is 15.4 Å². The van der Waals surface area contributed by atoms with Gasteiger partial charge in [0.15, 0.2) is 5.96 Å². The summed E-state index contributed by atoms with van der Waals surface area (Å²) in [5.74, 6) is 0.933. The van der Waals surface area contributed by atoms with E-state index >= 15 is 0 Å². The number of guanidine groups is 1. The lowest BCUT2D eigenvalue weighted by atomic mass is 10.2. The number of hydrogen-bond donors (Lipinski definition) is 3. The highest BCUT2D eigenvalue weighted by Crippen LogP contribution is 2.27. The molecule has 8 heteroatoms. The number of aliphatic imine (C=N–C) groups is 1. The van der Waals surface area contributed by atoms with Crippen LogP contribution in [0, 0.1) is 0 Å². The third-order valence-electron chi connectivity index (χ3n) is 3.63. The molecule has 0 aromatic heterocycles. The Kier molecular flexibility index (Phi) is 8.43. The fraction of sp³-hybridized carbons (Fsp3) is 0.923. The molecule has 0 aromatic carbocycles. The predicted molar refractivity (Wildman–Crippen MR) is 91.5 cm³/mol. The molecule has 0 spiro atoms. The van der Waals surface area contributed by atoms with Crippen LogP contribution in [-0.2, 0) is 10.0 Å². The van der Waals surface area contributed by atoms with E-state index < -0.39 is 10.0 Å². The van der Waals surface area contributed by atoms with E-state index in [1.165, 1.54) is 19.3 Å². The second kappa shape index (κ2) is 9.53. The second-order valence-electron chi connectivity index (χ2n) is 5.16. The molecule has 21 heavy (non-hydrogen) atoms. The lowest BCUT2D eigenvalue weighted by Crippen LogP contribution is -2.43. The van der Waals surface area contributed by atoms with E-state index in [1.807, 2.05) is 11.8 Å². The molecule has 1 aliphatic carbocycles. The van der Waals surface area contributed by atoms with Crippen molar-refractivity contribution in [3.8, 4) is 0 Å². The van der Waals surface area contributed by atoms with Gasteiger partial charge < -0.3 is 10.6 Å². The average molecular weight is 337 g/mol. The minimum atomic E-state index is -3.08. The van der Waals surface area contributed by atoms with E-state index in [4.69, 9.17) is 0 Å². The zero-order valence-electron chi connectivity index (χ0n) is 13.2. The van der Waals surface area contributed by atoms with Gasteiger partial charge in [0.2, 0.25) is 10.0 Å². The van der Waals surface area contributed by atoms with E-state index in [1.54, 1.807) is 14.0 Å². The maximum absolute atomic E-state index is 11.3. The maximum Gasteiger partial charge on any atom is 0.211 e. The van der Waals surface area contributed by atoms with Crippen LogP contribution in [0.15, 0.2) is 4.99 Å². The van der Waals surface area contributed by atoms with Crippen molar-refractivity contribution >= 4 is 27.7 Å². The van der Waals surface area contributed by atoms with Gasteiger partial charge in [0.25, 0.3) is 0 Å².